The molecule has 4 aliphatic rings. The van der Waals surface area contributed by atoms with Gasteiger partial charge < -0.3 is 20.1 Å². The number of nitrogens with one attached hydrogen (secondary N) is 1. The van der Waals surface area contributed by atoms with Crippen LogP contribution in [0.1, 0.15) is 44.6 Å². The molecule has 2 bridgehead atoms. The zero-order valence-corrected chi connectivity index (χ0v) is 28.3. The third-order valence-electron chi connectivity index (χ3n) is 10.4. The lowest BCUT2D eigenvalue weighted by molar-refractivity contribution is 0.111. The Morgan fingerprint density at radius 3 is 2.57 bits per heavy atom. The van der Waals surface area contributed by atoms with Crippen molar-refractivity contribution < 1.29 is 18.6 Å². The number of aromatic nitrogens is 1. The fraction of sp³-hybridized carbons (Fsp3) is 0.457. The minimum Gasteiger partial charge on any atom is -0.508 e. The number of hydrogen-bond acceptors (Lipinski definition) is 6. The molecule has 4 atom stereocenters. The van der Waals surface area contributed by atoms with Gasteiger partial charge in [0.15, 0.2) is 0 Å². The van der Waals surface area contributed by atoms with Gasteiger partial charge in [0.25, 0.3) is 0 Å². The van der Waals surface area contributed by atoms with E-state index in [0.717, 1.165) is 71.0 Å². The molecule has 0 spiro atoms. The Labute approximate surface area is 287 Å². The van der Waals surface area contributed by atoms with Crippen molar-refractivity contribution in [1.82, 2.24) is 15.2 Å². The number of nitrogens with zero attached hydrogens (tertiary/aromatic N) is 3. The van der Waals surface area contributed by atoms with Gasteiger partial charge in [-0.25, -0.2) is 13.8 Å². The Kier molecular flexibility index (Phi) is 10.2. The van der Waals surface area contributed by atoms with E-state index < -0.39 is 6.17 Å². The molecule has 4 fully saturated rings. The number of hydrogen-bond donors (Lipinski definition) is 2. The number of phenols is 1. The zero-order chi connectivity index (χ0) is 29.3. The summed E-state index contributed by atoms with van der Waals surface area (Å²) in [5.41, 5.74) is 3.91. The molecule has 1 aromatic heterocycles. The maximum atomic E-state index is 14.9. The van der Waals surface area contributed by atoms with Gasteiger partial charge in [-0.1, -0.05) is 25.1 Å². The second-order valence-corrected chi connectivity index (χ2v) is 13.1. The number of phenolic OH excluding ortho intramolecular Hbond substituents is 1. The van der Waals surface area contributed by atoms with Crippen molar-refractivity contribution in [1.29, 1.82) is 0 Å². The van der Waals surface area contributed by atoms with E-state index in [4.69, 9.17) is 9.72 Å². The molecule has 0 aliphatic carbocycles. The number of fused-ring (bicyclic) bond motifs is 5. The molecule has 8 rings (SSSR count). The Bertz CT molecular complexity index is 1730. The summed E-state index contributed by atoms with van der Waals surface area (Å²) >= 11 is 0. The van der Waals surface area contributed by atoms with Crippen LogP contribution in [0.5, 0.6) is 11.6 Å². The predicted molar refractivity (Wildman–Crippen MR) is 188 cm³/mol. The van der Waals surface area contributed by atoms with Gasteiger partial charge in [-0.05, 0) is 90.4 Å². The van der Waals surface area contributed by atoms with Gasteiger partial charge in [-0.2, -0.15) is 0 Å². The molecule has 0 unspecified atom stereocenters. The average molecular weight is 694 g/mol. The molecule has 46 heavy (non-hydrogen) atoms. The highest BCUT2D eigenvalue weighted by Gasteiger charge is 2.49. The molecule has 3 aromatic carbocycles. The second-order valence-electron chi connectivity index (χ2n) is 13.1. The van der Waals surface area contributed by atoms with Crippen LogP contribution in [0.15, 0.2) is 48.5 Å². The number of aryl methyl sites for hydroxylation is 1. The van der Waals surface area contributed by atoms with Gasteiger partial charge in [0.1, 0.15) is 24.3 Å². The van der Waals surface area contributed by atoms with Crippen molar-refractivity contribution in [3.8, 4) is 22.8 Å². The molecule has 4 saturated heterocycles. The topological polar surface area (TPSA) is 60.9 Å². The first-order valence-corrected chi connectivity index (χ1v) is 15.8. The number of rotatable bonds is 6. The van der Waals surface area contributed by atoms with Crippen LogP contribution in [0.4, 0.5) is 14.5 Å². The lowest BCUT2D eigenvalue weighted by Gasteiger charge is -2.35. The van der Waals surface area contributed by atoms with E-state index in [1.807, 2.05) is 13.0 Å². The standard InChI is InChI=1S/C35H38F2N4O2.3ClH/c1-2-27-30(37)9-5-22-12-26(42)14-29(34(22)27)21-4-8-28-31(13-21)39-33(15-32(28)40-18-24-6-7-25(19-40)38-24)43-20-35-10-3-11-41(35)17-23(36)16-35;;;/h4-5,8-9,12-15,23-25,38,42H,2-3,6-7,10-11,16-20H2,1H3;3*1H/t23-,24-,25+,35+;;;/m1.../s1. The van der Waals surface area contributed by atoms with Gasteiger partial charge in [0.2, 0.25) is 5.88 Å². The third kappa shape index (κ3) is 5.96. The van der Waals surface area contributed by atoms with Crippen LogP contribution >= 0.6 is 37.2 Å². The Balaban J connectivity index is 0.00000139. The summed E-state index contributed by atoms with van der Waals surface area (Å²) in [5.74, 6) is 0.450. The molecule has 6 nitrogen and oxygen atoms in total. The SMILES string of the molecule is CCc1c(F)ccc2cc(O)cc(-c3ccc4c(N5C[C@H]6CC[C@@H](C5)N6)cc(OC[C@@]56CCCN5C[C@H](F)C6)nc4c3)c12.Cl.Cl.Cl. The van der Waals surface area contributed by atoms with Crippen molar-refractivity contribution in [2.45, 2.75) is 69.2 Å². The van der Waals surface area contributed by atoms with E-state index >= 15 is 0 Å². The van der Waals surface area contributed by atoms with E-state index in [-0.39, 0.29) is 54.3 Å². The quantitative estimate of drug-likeness (QED) is 0.217. The molecule has 0 radical (unpaired) electrons. The first-order chi connectivity index (χ1) is 20.9. The van der Waals surface area contributed by atoms with Crippen LogP contribution in [-0.4, -0.2) is 71.6 Å². The summed E-state index contributed by atoms with van der Waals surface area (Å²) in [6.07, 6.45) is 4.62. The molecule has 2 N–H and O–H groups in total. The fourth-order valence-corrected chi connectivity index (χ4v) is 8.41. The van der Waals surface area contributed by atoms with Crippen molar-refractivity contribution in [3.63, 3.8) is 0 Å². The van der Waals surface area contributed by atoms with Crippen molar-refractivity contribution in [2.24, 2.45) is 0 Å². The van der Waals surface area contributed by atoms with E-state index in [1.54, 1.807) is 18.2 Å². The molecule has 4 aliphatic heterocycles. The maximum absolute atomic E-state index is 14.9. The van der Waals surface area contributed by atoms with Crippen LogP contribution < -0.4 is 15.0 Å². The van der Waals surface area contributed by atoms with E-state index in [1.165, 1.54) is 18.9 Å². The lowest BCUT2D eigenvalue weighted by atomic mass is 9.92. The zero-order valence-electron chi connectivity index (χ0n) is 25.8. The number of aromatic hydroxyl groups is 1. The summed E-state index contributed by atoms with van der Waals surface area (Å²) in [7, 11) is 0. The summed E-state index contributed by atoms with van der Waals surface area (Å²) in [6.45, 7) is 5.64. The molecule has 0 amide bonds. The van der Waals surface area contributed by atoms with Crippen LogP contribution in [0.3, 0.4) is 0 Å². The summed E-state index contributed by atoms with van der Waals surface area (Å²) in [5, 5.41) is 17.0. The van der Waals surface area contributed by atoms with Crippen LogP contribution in [0.2, 0.25) is 0 Å². The van der Waals surface area contributed by atoms with Crippen LogP contribution in [0.25, 0.3) is 32.8 Å². The number of pyridine rings is 1. The van der Waals surface area contributed by atoms with Crippen molar-refractivity contribution >= 4 is 64.6 Å². The number of piperazine rings is 1. The largest absolute Gasteiger partial charge is 0.508 e. The first kappa shape index (κ1) is 34.7. The number of benzene rings is 3. The van der Waals surface area contributed by atoms with Gasteiger partial charge in [0, 0.05) is 49.6 Å². The summed E-state index contributed by atoms with van der Waals surface area (Å²) in [4.78, 5) is 9.73. The van der Waals surface area contributed by atoms with Gasteiger partial charge >= 0.3 is 0 Å². The third-order valence-corrected chi connectivity index (χ3v) is 10.4. The van der Waals surface area contributed by atoms with Gasteiger partial charge in [-0.15, -0.1) is 37.2 Å². The average Bonchev–Trinajstić information content (AvgIpc) is 3.65. The molecule has 0 saturated carbocycles. The number of halogens is 5. The minimum absolute atomic E-state index is 0. The highest BCUT2D eigenvalue weighted by Crippen LogP contribution is 2.42. The Morgan fingerprint density at radius 1 is 1.02 bits per heavy atom. The second kappa shape index (κ2) is 13.5. The Hall–Kier alpha value is -2.62. The smallest absolute Gasteiger partial charge is 0.215 e. The van der Waals surface area contributed by atoms with E-state index in [9.17, 15) is 13.9 Å². The maximum Gasteiger partial charge on any atom is 0.215 e. The first-order valence-electron chi connectivity index (χ1n) is 15.8. The predicted octanol–water partition coefficient (Wildman–Crippen LogP) is 7.62. The molecule has 11 heteroatoms. The number of anilines is 1. The minimum atomic E-state index is -0.808. The van der Waals surface area contributed by atoms with Crippen molar-refractivity contribution in [2.75, 3.05) is 37.7 Å². The highest BCUT2D eigenvalue weighted by molar-refractivity contribution is 6.03. The molecule has 5 heterocycles. The van der Waals surface area contributed by atoms with Crippen molar-refractivity contribution in [3.05, 3.63) is 59.9 Å². The van der Waals surface area contributed by atoms with E-state index in [0.29, 0.717) is 49.5 Å². The lowest BCUT2D eigenvalue weighted by Crippen LogP contribution is -2.51. The van der Waals surface area contributed by atoms with Gasteiger partial charge in [-0.3, -0.25) is 4.90 Å². The molecule has 248 valence electrons. The van der Waals surface area contributed by atoms with E-state index in [2.05, 4.69) is 33.3 Å². The van der Waals surface area contributed by atoms with Gasteiger partial charge in [0.05, 0.1) is 16.7 Å². The Morgan fingerprint density at radius 2 is 1.80 bits per heavy atom. The summed E-state index contributed by atoms with van der Waals surface area (Å²) in [6, 6.07) is 15.8. The molecular weight excluding hydrogens is 653 g/mol. The van der Waals surface area contributed by atoms with Crippen LogP contribution in [0, 0.1) is 5.82 Å². The fourth-order valence-electron chi connectivity index (χ4n) is 8.41. The number of ether oxygens (including phenoxy) is 1. The normalized spacial score (nSPS) is 25.2. The summed E-state index contributed by atoms with van der Waals surface area (Å²) < 4.78 is 35.9. The molecular formula is C35H41Cl3F2N4O2. The monoisotopic (exact) mass is 692 g/mol. The highest BCUT2D eigenvalue weighted by atomic mass is 35.5. The number of alkyl halides is 1. The molecule has 4 aromatic rings. The van der Waals surface area contributed by atoms with Crippen LogP contribution in [-0.2, 0) is 6.42 Å².